The second-order valence-corrected chi connectivity index (χ2v) is 6.05. The Hall–Kier alpha value is -1.40. The van der Waals surface area contributed by atoms with Crippen LogP contribution in [0.25, 0.3) is 0 Å². The topological polar surface area (TPSA) is 72.5 Å². The fraction of sp³-hybridized carbons (Fsp3) is 0.462. The lowest BCUT2D eigenvalue weighted by Crippen LogP contribution is -2.39. The van der Waals surface area contributed by atoms with E-state index in [1.54, 1.807) is 26.0 Å². The van der Waals surface area contributed by atoms with Gasteiger partial charge in [0.25, 0.3) is 0 Å². The molecule has 5 nitrogen and oxygen atoms in total. The summed E-state index contributed by atoms with van der Waals surface area (Å²) in [5.74, 6) is -0.587. The first-order chi connectivity index (χ1) is 8.77. The van der Waals surface area contributed by atoms with Gasteiger partial charge in [0, 0.05) is 0 Å². The molecule has 0 amide bonds. The van der Waals surface area contributed by atoms with Crippen LogP contribution >= 0.6 is 0 Å². The van der Waals surface area contributed by atoms with Gasteiger partial charge >= 0.3 is 5.97 Å². The highest BCUT2D eigenvalue weighted by Crippen LogP contribution is 2.16. The summed E-state index contributed by atoms with van der Waals surface area (Å²) in [6.45, 7) is 6.95. The number of esters is 1. The third-order valence-corrected chi connectivity index (χ3v) is 4.29. The van der Waals surface area contributed by atoms with Gasteiger partial charge in [-0.25, -0.2) is 8.42 Å². The molecule has 1 unspecified atom stereocenters. The summed E-state index contributed by atoms with van der Waals surface area (Å²) in [6, 6.07) is 4.12. The van der Waals surface area contributed by atoms with E-state index in [1.165, 1.54) is 13.0 Å². The van der Waals surface area contributed by atoms with Gasteiger partial charge in [0.1, 0.15) is 6.04 Å². The zero-order valence-corrected chi connectivity index (χ0v) is 12.4. The van der Waals surface area contributed by atoms with E-state index in [9.17, 15) is 13.2 Å². The maximum absolute atomic E-state index is 12.2. The van der Waals surface area contributed by atoms with Crippen LogP contribution in [0.2, 0.25) is 0 Å². The minimum absolute atomic E-state index is 0.175. The van der Waals surface area contributed by atoms with E-state index in [2.05, 4.69) is 4.72 Å². The van der Waals surface area contributed by atoms with E-state index < -0.39 is 22.0 Å². The summed E-state index contributed by atoms with van der Waals surface area (Å²) in [5.41, 5.74) is 1.62. The molecule has 0 radical (unpaired) electrons. The van der Waals surface area contributed by atoms with Crippen molar-refractivity contribution in [3.05, 3.63) is 29.3 Å². The molecule has 1 aromatic rings. The molecule has 1 aromatic carbocycles. The molecule has 1 atom stereocenters. The van der Waals surface area contributed by atoms with Gasteiger partial charge in [-0.3, -0.25) is 4.79 Å². The van der Waals surface area contributed by atoms with Crippen molar-refractivity contribution in [2.75, 3.05) is 6.61 Å². The Kier molecular flexibility index (Phi) is 5.08. The van der Waals surface area contributed by atoms with Crippen LogP contribution in [0.1, 0.15) is 25.0 Å². The molecule has 0 saturated carbocycles. The number of hydrogen-bond acceptors (Lipinski definition) is 4. The highest BCUT2D eigenvalue weighted by Gasteiger charge is 2.24. The SMILES string of the molecule is CCOC(=O)C(C)NS(=O)(=O)c1ccc(C)cc1C. The number of benzene rings is 1. The number of nitrogens with one attached hydrogen (secondary N) is 1. The van der Waals surface area contributed by atoms with Gasteiger partial charge in [0.05, 0.1) is 11.5 Å². The second kappa shape index (κ2) is 6.16. The first kappa shape index (κ1) is 15.7. The lowest BCUT2D eigenvalue weighted by Gasteiger charge is -2.14. The third kappa shape index (κ3) is 4.04. The number of aryl methyl sites for hydroxylation is 2. The zero-order valence-electron chi connectivity index (χ0n) is 11.6. The Bertz CT molecular complexity index is 566. The van der Waals surface area contributed by atoms with Crippen molar-refractivity contribution in [1.29, 1.82) is 0 Å². The highest BCUT2D eigenvalue weighted by molar-refractivity contribution is 7.89. The lowest BCUT2D eigenvalue weighted by molar-refractivity contribution is -0.144. The van der Waals surface area contributed by atoms with E-state index in [4.69, 9.17) is 4.74 Å². The van der Waals surface area contributed by atoms with E-state index in [1.807, 2.05) is 6.92 Å². The van der Waals surface area contributed by atoms with Gasteiger partial charge in [-0.05, 0) is 39.3 Å². The smallest absolute Gasteiger partial charge is 0.323 e. The summed E-state index contributed by atoms with van der Waals surface area (Å²) in [6.07, 6.45) is 0. The monoisotopic (exact) mass is 285 g/mol. The van der Waals surface area contributed by atoms with Crippen LogP contribution in [0.4, 0.5) is 0 Å². The molecule has 0 heterocycles. The molecule has 1 rings (SSSR count). The highest BCUT2D eigenvalue weighted by atomic mass is 32.2. The first-order valence-corrected chi connectivity index (χ1v) is 7.52. The van der Waals surface area contributed by atoms with Crippen molar-refractivity contribution < 1.29 is 17.9 Å². The van der Waals surface area contributed by atoms with Crippen molar-refractivity contribution >= 4 is 16.0 Å². The van der Waals surface area contributed by atoms with Crippen LogP contribution in [-0.4, -0.2) is 27.0 Å². The summed E-state index contributed by atoms with van der Waals surface area (Å²) in [7, 11) is -3.72. The molecule has 0 aliphatic carbocycles. The lowest BCUT2D eigenvalue weighted by atomic mass is 10.2. The number of rotatable bonds is 5. The molecule has 1 N–H and O–H groups in total. The van der Waals surface area contributed by atoms with Crippen LogP contribution in [0.15, 0.2) is 23.1 Å². The molecule has 6 heteroatoms. The largest absolute Gasteiger partial charge is 0.465 e. The third-order valence-electron chi connectivity index (χ3n) is 2.59. The van der Waals surface area contributed by atoms with Gasteiger partial charge in [0.2, 0.25) is 10.0 Å². The Morgan fingerprint density at radius 2 is 2.00 bits per heavy atom. The van der Waals surface area contributed by atoms with E-state index in [-0.39, 0.29) is 11.5 Å². The summed E-state index contributed by atoms with van der Waals surface area (Å²) < 4.78 is 31.4. The van der Waals surface area contributed by atoms with Crippen molar-refractivity contribution in [1.82, 2.24) is 4.72 Å². The predicted octanol–water partition coefficient (Wildman–Crippen LogP) is 1.53. The Balaban J connectivity index is 2.95. The van der Waals surface area contributed by atoms with Gasteiger partial charge in [-0.15, -0.1) is 0 Å². The average molecular weight is 285 g/mol. The number of carbonyl (C=O) groups excluding carboxylic acids is 1. The maximum Gasteiger partial charge on any atom is 0.323 e. The molecule has 19 heavy (non-hydrogen) atoms. The second-order valence-electron chi connectivity index (χ2n) is 4.36. The normalized spacial score (nSPS) is 13.1. The van der Waals surface area contributed by atoms with Gasteiger partial charge < -0.3 is 4.74 Å². The molecule has 0 bridgehead atoms. The molecule has 0 aliphatic heterocycles. The van der Waals surface area contributed by atoms with Crippen molar-refractivity contribution in [2.45, 2.75) is 38.6 Å². The molecule has 0 aliphatic rings. The van der Waals surface area contributed by atoms with Crippen molar-refractivity contribution in [3.63, 3.8) is 0 Å². The minimum atomic E-state index is -3.72. The summed E-state index contributed by atoms with van der Waals surface area (Å²) in [4.78, 5) is 11.6. The average Bonchev–Trinajstić information content (AvgIpc) is 2.27. The van der Waals surface area contributed by atoms with Gasteiger partial charge in [-0.1, -0.05) is 17.7 Å². The molecular weight excluding hydrogens is 266 g/mol. The van der Waals surface area contributed by atoms with E-state index in [0.29, 0.717) is 5.56 Å². The van der Waals surface area contributed by atoms with Gasteiger partial charge in [0.15, 0.2) is 0 Å². The standard InChI is InChI=1S/C13H19NO4S/c1-5-18-13(15)11(4)14-19(16,17)12-7-6-9(2)8-10(12)3/h6-8,11,14H,5H2,1-4H3. The van der Waals surface area contributed by atoms with Crippen LogP contribution in [0, 0.1) is 13.8 Å². The van der Waals surface area contributed by atoms with Crippen LogP contribution in [0.5, 0.6) is 0 Å². The number of ether oxygens (including phenoxy) is 1. The Morgan fingerprint density at radius 3 is 2.53 bits per heavy atom. The molecule has 0 fully saturated rings. The van der Waals surface area contributed by atoms with E-state index >= 15 is 0 Å². The van der Waals surface area contributed by atoms with Crippen molar-refractivity contribution in [3.8, 4) is 0 Å². The van der Waals surface area contributed by atoms with Crippen LogP contribution in [0.3, 0.4) is 0 Å². The number of hydrogen-bond donors (Lipinski definition) is 1. The fourth-order valence-electron chi connectivity index (χ4n) is 1.71. The number of sulfonamides is 1. The quantitative estimate of drug-likeness (QED) is 0.833. The molecule has 0 saturated heterocycles. The maximum atomic E-state index is 12.2. The van der Waals surface area contributed by atoms with E-state index in [0.717, 1.165) is 5.56 Å². The molecule has 0 aromatic heterocycles. The fourth-order valence-corrected chi connectivity index (χ4v) is 3.13. The zero-order chi connectivity index (χ0) is 14.6. The molecule has 0 spiro atoms. The van der Waals surface area contributed by atoms with Gasteiger partial charge in [-0.2, -0.15) is 4.72 Å². The minimum Gasteiger partial charge on any atom is -0.465 e. The number of carbonyl (C=O) groups is 1. The Morgan fingerprint density at radius 1 is 1.37 bits per heavy atom. The van der Waals surface area contributed by atoms with Crippen LogP contribution in [-0.2, 0) is 19.6 Å². The molecule has 106 valence electrons. The summed E-state index contributed by atoms with van der Waals surface area (Å²) >= 11 is 0. The van der Waals surface area contributed by atoms with Crippen LogP contribution < -0.4 is 4.72 Å². The summed E-state index contributed by atoms with van der Waals surface area (Å²) in [5, 5.41) is 0. The first-order valence-electron chi connectivity index (χ1n) is 6.04. The van der Waals surface area contributed by atoms with Crippen molar-refractivity contribution in [2.24, 2.45) is 0 Å². The predicted molar refractivity (Wildman–Crippen MR) is 72.3 cm³/mol. The Labute approximate surface area is 114 Å². The molecular formula is C13H19NO4S.